The first-order valence-electron chi connectivity index (χ1n) is 4.42. The van der Waals surface area contributed by atoms with Gasteiger partial charge in [-0.2, -0.15) is 0 Å². The molecule has 2 heterocycles. The molecule has 2 rings (SSSR count). The van der Waals surface area contributed by atoms with Crippen LogP contribution in [0.5, 0.6) is 0 Å². The van der Waals surface area contributed by atoms with E-state index in [4.69, 9.17) is 11.6 Å². The van der Waals surface area contributed by atoms with E-state index in [1.54, 1.807) is 0 Å². The van der Waals surface area contributed by atoms with Crippen LogP contribution in [-0.4, -0.2) is 24.6 Å². The van der Waals surface area contributed by atoms with Crippen molar-refractivity contribution in [1.82, 2.24) is 15.6 Å². The standard InChI is InChI=1S/C9H12ClN3/c10-9-2-1-7(5-13-9)8-6-11-3-4-12-8/h1-2,5,8,11-12H,3-4,6H2/t8-/m0/s1. The minimum absolute atomic E-state index is 0.374. The lowest BCUT2D eigenvalue weighted by Gasteiger charge is -2.24. The zero-order valence-corrected chi connectivity index (χ0v) is 8.01. The fourth-order valence-corrected chi connectivity index (χ4v) is 1.59. The summed E-state index contributed by atoms with van der Waals surface area (Å²) in [5, 5.41) is 7.28. The highest BCUT2D eigenvalue weighted by atomic mass is 35.5. The Morgan fingerprint density at radius 1 is 1.38 bits per heavy atom. The molecule has 0 amide bonds. The van der Waals surface area contributed by atoms with Crippen molar-refractivity contribution in [3.8, 4) is 0 Å². The second-order valence-electron chi connectivity index (χ2n) is 3.13. The maximum atomic E-state index is 5.70. The lowest BCUT2D eigenvalue weighted by atomic mass is 10.1. The number of halogens is 1. The third-order valence-corrected chi connectivity index (χ3v) is 2.42. The summed E-state index contributed by atoms with van der Waals surface area (Å²) in [5.41, 5.74) is 1.19. The van der Waals surface area contributed by atoms with Crippen LogP contribution in [0.4, 0.5) is 0 Å². The van der Waals surface area contributed by atoms with Crippen molar-refractivity contribution in [3.05, 3.63) is 29.0 Å². The molecule has 1 saturated heterocycles. The minimum atomic E-state index is 0.374. The second kappa shape index (κ2) is 4.05. The summed E-state index contributed by atoms with van der Waals surface area (Å²) in [6.45, 7) is 3.01. The monoisotopic (exact) mass is 197 g/mol. The number of piperazine rings is 1. The van der Waals surface area contributed by atoms with Gasteiger partial charge in [0, 0.05) is 31.9 Å². The molecule has 1 aliphatic rings. The van der Waals surface area contributed by atoms with Gasteiger partial charge in [0.05, 0.1) is 0 Å². The van der Waals surface area contributed by atoms with Gasteiger partial charge in [-0.05, 0) is 11.6 Å². The molecule has 0 radical (unpaired) electrons. The summed E-state index contributed by atoms with van der Waals surface area (Å²) in [4.78, 5) is 4.05. The molecule has 1 aromatic heterocycles. The first-order valence-corrected chi connectivity index (χ1v) is 4.79. The zero-order chi connectivity index (χ0) is 9.10. The van der Waals surface area contributed by atoms with E-state index >= 15 is 0 Å². The fraction of sp³-hybridized carbons (Fsp3) is 0.444. The number of nitrogens with one attached hydrogen (secondary N) is 2. The molecule has 0 saturated carbocycles. The largest absolute Gasteiger partial charge is 0.314 e. The smallest absolute Gasteiger partial charge is 0.129 e. The summed E-state index contributed by atoms with van der Waals surface area (Å²) in [6.07, 6.45) is 1.83. The third-order valence-electron chi connectivity index (χ3n) is 2.19. The van der Waals surface area contributed by atoms with Crippen LogP contribution in [-0.2, 0) is 0 Å². The predicted octanol–water partition coefficient (Wildman–Crippen LogP) is 0.969. The van der Waals surface area contributed by atoms with Gasteiger partial charge in [0.15, 0.2) is 0 Å². The van der Waals surface area contributed by atoms with Crippen LogP contribution >= 0.6 is 11.6 Å². The Labute approximate surface area is 82.5 Å². The normalized spacial score (nSPS) is 23.0. The molecule has 1 atom stereocenters. The van der Waals surface area contributed by atoms with Crippen LogP contribution in [0.25, 0.3) is 0 Å². The summed E-state index contributed by atoms with van der Waals surface area (Å²) >= 11 is 5.70. The minimum Gasteiger partial charge on any atom is -0.314 e. The van der Waals surface area contributed by atoms with Crippen LogP contribution in [0.3, 0.4) is 0 Å². The number of aromatic nitrogens is 1. The Kier molecular flexibility index (Phi) is 2.78. The lowest BCUT2D eigenvalue weighted by molar-refractivity contribution is 0.429. The molecular weight excluding hydrogens is 186 g/mol. The van der Waals surface area contributed by atoms with Crippen LogP contribution in [0.2, 0.25) is 5.15 Å². The van der Waals surface area contributed by atoms with Gasteiger partial charge in [-0.1, -0.05) is 17.7 Å². The van der Waals surface area contributed by atoms with Gasteiger partial charge in [0.25, 0.3) is 0 Å². The Balaban J connectivity index is 2.10. The van der Waals surface area contributed by atoms with Gasteiger partial charge >= 0.3 is 0 Å². The average Bonchev–Trinajstić information content (AvgIpc) is 2.20. The quantitative estimate of drug-likeness (QED) is 0.659. The lowest BCUT2D eigenvalue weighted by Crippen LogP contribution is -2.42. The van der Waals surface area contributed by atoms with E-state index in [-0.39, 0.29) is 0 Å². The van der Waals surface area contributed by atoms with E-state index in [1.165, 1.54) is 5.56 Å². The molecule has 1 aromatic rings. The van der Waals surface area contributed by atoms with E-state index in [9.17, 15) is 0 Å². The molecule has 70 valence electrons. The SMILES string of the molecule is Clc1ccc([C@@H]2CNCCN2)cn1. The van der Waals surface area contributed by atoms with Crippen LogP contribution in [0.15, 0.2) is 18.3 Å². The van der Waals surface area contributed by atoms with Gasteiger partial charge in [-0.3, -0.25) is 0 Å². The number of hydrogen-bond donors (Lipinski definition) is 2. The van der Waals surface area contributed by atoms with E-state index < -0.39 is 0 Å². The number of hydrogen-bond acceptors (Lipinski definition) is 3. The molecule has 0 aromatic carbocycles. The Morgan fingerprint density at radius 2 is 2.31 bits per heavy atom. The van der Waals surface area contributed by atoms with Crippen molar-refractivity contribution in [1.29, 1.82) is 0 Å². The van der Waals surface area contributed by atoms with Gasteiger partial charge in [0.2, 0.25) is 0 Å². The first kappa shape index (κ1) is 8.94. The van der Waals surface area contributed by atoms with Crippen LogP contribution < -0.4 is 10.6 Å². The summed E-state index contributed by atoms with van der Waals surface area (Å²) < 4.78 is 0. The third kappa shape index (κ3) is 2.18. The summed E-state index contributed by atoms with van der Waals surface area (Å²) in [5.74, 6) is 0. The van der Waals surface area contributed by atoms with E-state index in [0.29, 0.717) is 11.2 Å². The number of pyridine rings is 1. The van der Waals surface area contributed by atoms with Crippen molar-refractivity contribution in [2.75, 3.05) is 19.6 Å². The van der Waals surface area contributed by atoms with Crippen LogP contribution in [0.1, 0.15) is 11.6 Å². The van der Waals surface area contributed by atoms with Gasteiger partial charge < -0.3 is 10.6 Å². The summed E-state index contributed by atoms with van der Waals surface area (Å²) in [7, 11) is 0. The van der Waals surface area contributed by atoms with Crippen molar-refractivity contribution < 1.29 is 0 Å². The first-order chi connectivity index (χ1) is 6.36. The highest BCUT2D eigenvalue weighted by Gasteiger charge is 2.13. The van der Waals surface area contributed by atoms with Crippen molar-refractivity contribution in [3.63, 3.8) is 0 Å². The van der Waals surface area contributed by atoms with E-state index in [0.717, 1.165) is 19.6 Å². The van der Waals surface area contributed by atoms with Gasteiger partial charge in [0.1, 0.15) is 5.15 Å². The molecule has 1 aliphatic heterocycles. The molecule has 0 unspecified atom stereocenters. The molecule has 3 nitrogen and oxygen atoms in total. The Morgan fingerprint density at radius 3 is 2.92 bits per heavy atom. The highest BCUT2D eigenvalue weighted by molar-refractivity contribution is 6.29. The molecular formula is C9H12ClN3. The molecule has 2 N–H and O–H groups in total. The maximum Gasteiger partial charge on any atom is 0.129 e. The van der Waals surface area contributed by atoms with Crippen molar-refractivity contribution in [2.45, 2.75) is 6.04 Å². The van der Waals surface area contributed by atoms with Gasteiger partial charge in [-0.15, -0.1) is 0 Å². The van der Waals surface area contributed by atoms with Crippen molar-refractivity contribution >= 4 is 11.6 Å². The molecule has 13 heavy (non-hydrogen) atoms. The Hall–Kier alpha value is -0.640. The predicted molar refractivity (Wildman–Crippen MR) is 52.9 cm³/mol. The second-order valence-corrected chi connectivity index (χ2v) is 3.51. The number of nitrogens with zero attached hydrogens (tertiary/aromatic N) is 1. The highest BCUT2D eigenvalue weighted by Crippen LogP contribution is 2.14. The van der Waals surface area contributed by atoms with Gasteiger partial charge in [-0.25, -0.2) is 4.98 Å². The zero-order valence-electron chi connectivity index (χ0n) is 7.26. The number of rotatable bonds is 1. The topological polar surface area (TPSA) is 37.0 Å². The fourth-order valence-electron chi connectivity index (χ4n) is 1.48. The van der Waals surface area contributed by atoms with E-state index in [2.05, 4.69) is 15.6 Å². The summed E-state index contributed by atoms with van der Waals surface area (Å²) in [6, 6.07) is 4.21. The Bertz CT molecular complexity index is 267. The molecule has 1 fully saturated rings. The molecule has 4 heteroatoms. The molecule has 0 spiro atoms. The van der Waals surface area contributed by atoms with Crippen molar-refractivity contribution in [2.24, 2.45) is 0 Å². The molecule has 0 aliphatic carbocycles. The van der Waals surface area contributed by atoms with E-state index in [1.807, 2.05) is 18.3 Å². The van der Waals surface area contributed by atoms with Crippen LogP contribution in [0, 0.1) is 0 Å². The molecule has 0 bridgehead atoms. The average molecular weight is 198 g/mol. The maximum absolute atomic E-state index is 5.70.